The average molecular weight is 296 g/mol. The molecular formula is C10H20N2O4S2. The second kappa shape index (κ2) is 4.73. The largest absolute Gasteiger partial charge is 0.314 e. The van der Waals surface area contributed by atoms with Crippen LogP contribution in [-0.4, -0.2) is 63.1 Å². The molecule has 1 N–H and O–H groups in total. The van der Waals surface area contributed by atoms with Gasteiger partial charge in [0.15, 0.2) is 9.84 Å². The van der Waals surface area contributed by atoms with E-state index in [4.69, 9.17) is 0 Å². The molecule has 8 heteroatoms. The van der Waals surface area contributed by atoms with Crippen LogP contribution in [0.25, 0.3) is 0 Å². The molecule has 0 saturated carbocycles. The fraction of sp³-hybridized carbons (Fsp3) is 1.00. The van der Waals surface area contributed by atoms with E-state index >= 15 is 0 Å². The number of hydrogen-bond donors (Lipinski definition) is 1. The van der Waals surface area contributed by atoms with Crippen molar-refractivity contribution in [1.29, 1.82) is 0 Å². The first kappa shape index (κ1) is 14.2. The summed E-state index contributed by atoms with van der Waals surface area (Å²) in [5.74, 6) is -0.232. The average Bonchev–Trinajstić information content (AvgIpc) is 2.59. The second-order valence-corrected chi connectivity index (χ2v) is 9.60. The molecule has 0 aromatic carbocycles. The topological polar surface area (TPSA) is 83.6 Å². The van der Waals surface area contributed by atoms with Gasteiger partial charge in [-0.2, -0.15) is 4.31 Å². The van der Waals surface area contributed by atoms with E-state index in [0.717, 1.165) is 0 Å². The quantitative estimate of drug-likeness (QED) is 0.720. The van der Waals surface area contributed by atoms with E-state index < -0.39 is 25.1 Å². The third-order valence-electron chi connectivity index (χ3n) is 3.65. The zero-order chi connectivity index (χ0) is 13.6. The molecule has 2 aliphatic rings. The Balaban J connectivity index is 2.25. The van der Waals surface area contributed by atoms with Crippen LogP contribution in [0.1, 0.15) is 20.3 Å². The van der Waals surface area contributed by atoms with Crippen LogP contribution >= 0.6 is 0 Å². The Morgan fingerprint density at radius 3 is 2.17 bits per heavy atom. The highest BCUT2D eigenvalue weighted by Gasteiger charge is 2.44. The summed E-state index contributed by atoms with van der Waals surface area (Å²) in [5.41, 5.74) is 0. The van der Waals surface area contributed by atoms with Crippen molar-refractivity contribution in [2.24, 2.45) is 0 Å². The highest BCUT2D eigenvalue weighted by Crippen LogP contribution is 2.26. The number of piperazine rings is 1. The van der Waals surface area contributed by atoms with Gasteiger partial charge in [0.2, 0.25) is 10.0 Å². The smallest absolute Gasteiger partial charge is 0.218 e. The lowest BCUT2D eigenvalue weighted by Crippen LogP contribution is -2.59. The fourth-order valence-electron chi connectivity index (χ4n) is 2.79. The normalized spacial score (nSPS) is 37.8. The van der Waals surface area contributed by atoms with Gasteiger partial charge in [-0.15, -0.1) is 0 Å². The van der Waals surface area contributed by atoms with Gasteiger partial charge in [-0.1, -0.05) is 0 Å². The minimum Gasteiger partial charge on any atom is -0.314 e. The first-order chi connectivity index (χ1) is 8.24. The van der Waals surface area contributed by atoms with Gasteiger partial charge < -0.3 is 5.32 Å². The Bertz CT molecular complexity index is 504. The Hall–Kier alpha value is -0.180. The molecule has 3 atom stereocenters. The number of sulfone groups is 1. The van der Waals surface area contributed by atoms with Gasteiger partial charge in [-0.05, 0) is 20.3 Å². The van der Waals surface area contributed by atoms with Gasteiger partial charge in [-0.3, -0.25) is 0 Å². The number of hydrogen-bond acceptors (Lipinski definition) is 5. The van der Waals surface area contributed by atoms with E-state index in [1.54, 1.807) is 0 Å². The molecule has 2 fully saturated rings. The van der Waals surface area contributed by atoms with E-state index in [1.165, 1.54) is 4.31 Å². The maximum absolute atomic E-state index is 12.5. The van der Waals surface area contributed by atoms with Gasteiger partial charge >= 0.3 is 0 Å². The zero-order valence-electron chi connectivity index (χ0n) is 10.7. The second-order valence-electron chi connectivity index (χ2n) is 5.26. The molecule has 2 rings (SSSR count). The van der Waals surface area contributed by atoms with Crippen molar-refractivity contribution in [3.8, 4) is 0 Å². The van der Waals surface area contributed by atoms with Gasteiger partial charge in [0.1, 0.15) is 0 Å². The molecule has 2 saturated heterocycles. The minimum atomic E-state index is -3.52. The van der Waals surface area contributed by atoms with E-state index in [9.17, 15) is 16.8 Å². The predicted octanol–water partition coefficient (Wildman–Crippen LogP) is -0.814. The first-order valence-electron chi connectivity index (χ1n) is 6.17. The molecule has 106 valence electrons. The molecule has 0 aromatic rings. The molecule has 0 aliphatic carbocycles. The SMILES string of the molecule is CC1CNCC(C)N1S(=O)(=O)C1CCS(=O)(=O)C1. The van der Waals surface area contributed by atoms with Crippen molar-refractivity contribution in [2.45, 2.75) is 37.6 Å². The Morgan fingerprint density at radius 2 is 1.72 bits per heavy atom. The van der Waals surface area contributed by atoms with E-state index in [-0.39, 0.29) is 30.0 Å². The summed E-state index contributed by atoms with van der Waals surface area (Å²) in [6.45, 7) is 4.93. The standard InChI is InChI=1S/C10H20N2O4S2/c1-8-5-11-6-9(2)12(8)18(15,16)10-3-4-17(13,14)7-10/h8-11H,3-7H2,1-2H3. The minimum absolute atomic E-state index is 0.00819. The summed E-state index contributed by atoms with van der Waals surface area (Å²) in [7, 11) is -6.69. The summed E-state index contributed by atoms with van der Waals surface area (Å²) in [6.07, 6.45) is 0.230. The Kier molecular flexibility index (Phi) is 3.74. The third kappa shape index (κ3) is 2.56. The molecule has 18 heavy (non-hydrogen) atoms. The molecule has 0 bridgehead atoms. The highest BCUT2D eigenvalue weighted by molar-refractivity contribution is 7.95. The van der Waals surface area contributed by atoms with Crippen LogP contribution in [0.2, 0.25) is 0 Å². The summed E-state index contributed by atoms with van der Waals surface area (Å²) in [4.78, 5) is 0. The van der Waals surface area contributed by atoms with Crippen LogP contribution in [0.5, 0.6) is 0 Å². The van der Waals surface area contributed by atoms with Crippen LogP contribution in [0.15, 0.2) is 0 Å². The lowest BCUT2D eigenvalue weighted by atomic mass is 10.2. The predicted molar refractivity (Wildman–Crippen MR) is 69.6 cm³/mol. The first-order valence-corrected chi connectivity index (χ1v) is 9.50. The lowest BCUT2D eigenvalue weighted by molar-refractivity contribution is 0.218. The van der Waals surface area contributed by atoms with Crippen molar-refractivity contribution in [2.75, 3.05) is 24.6 Å². The number of sulfonamides is 1. The van der Waals surface area contributed by atoms with Crippen molar-refractivity contribution in [3.05, 3.63) is 0 Å². The zero-order valence-corrected chi connectivity index (χ0v) is 12.3. The maximum Gasteiger partial charge on any atom is 0.218 e. The summed E-state index contributed by atoms with van der Waals surface area (Å²) < 4.78 is 49.4. The van der Waals surface area contributed by atoms with Crippen LogP contribution in [0.3, 0.4) is 0 Å². The summed E-state index contributed by atoms with van der Waals surface area (Å²) in [6, 6.07) is -0.246. The van der Waals surface area contributed by atoms with Crippen molar-refractivity contribution >= 4 is 19.9 Å². The van der Waals surface area contributed by atoms with Crippen LogP contribution in [0, 0.1) is 0 Å². The third-order valence-corrected chi connectivity index (χ3v) is 8.19. The summed E-state index contributed by atoms with van der Waals surface area (Å²) >= 11 is 0. The monoisotopic (exact) mass is 296 g/mol. The molecule has 6 nitrogen and oxygen atoms in total. The van der Waals surface area contributed by atoms with Crippen LogP contribution < -0.4 is 5.32 Å². The number of nitrogens with zero attached hydrogens (tertiary/aromatic N) is 1. The number of nitrogens with one attached hydrogen (secondary N) is 1. The van der Waals surface area contributed by atoms with E-state index in [0.29, 0.717) is 13.1 Å². The highest BCUT2D eigenvalue weighted by atomic mass is 32.2. The number of rotatable bonds is 2. The van der Waals surface area contributed by atoms with Crippen molar-refractivity contribution in [1.82, 2.24) is 9.62 Å². The molecule has 0 spiro atoms. The van der Waals surface area contributed by atoms with Crippen LogP contribution in [0.4, 0.5) is 0 Å². The Morgan fingerprint density at radius 1 is 1.17 bits per heavy atom. The van der Waals surface area contributed by atoms with Gasteiger partial charge in [0.25, 0.3) is 0 Å². The Labute approximate surface area is 109 Å². The molecule has 2 aliphatic heterocycles. The molecule has 2 heterocycles. The van der Waals surface area contributed by atoms with Gasteiger partial charge in [0.05, 0.1) is 16.8 Å². The lowest BCUT2D eigenvalue weighted by Gasteiger charge is -2.39. The summed E-state index contributed by atoms with van der Waals surface area (Å²) in [5, 5.41) is 2.41. The van der Waals surface area contributed by atoms with Gasteiger partial charge in [-0.25, -0.2) is 16.8 Å². The van der Waals surface area contributed by atoms with Crippen LogP contribution in [-0.2, 0) is 19.9 Å². The molecular weight excluding hydrogens is 276 g/mol. The van der Waals surface area contributed by atoms with Crippen molar-refractivity contribution in [3.63, 3.8) is 0 Å². The van der Waals surface area contributed by atoms with E-state index in [2.05, 4.69) is 5.32 Å². The van der Waals surface area contributed by atoms with Gasteiger partial charge in [0, 0.05) is 25.2 Å². The fourth-order valence-corrected chi connectivity index (χ4v) is 7.70. The molecule has 3 unspecified atom stereocenters. The molecule has 0 radical (unpaired) electrons. The molecule has 0 aromatic heterocycles. The van der Waals surface area contributed by atoms with E-state index in [1.807, 2.05) is 13.8 Å². The van der Waals surface area contributed by atoms with Crippen molar-refractivity contribution < 1.29 is 16.8 Å². The molecule has 0 amide bonds. The maximum atomic E-state index is 12.5.